The van der Waals surface area contributed by atoms with Gasteiger partial charge in [0.1, 0.15) is 11.5 Å². The van der Waals surface area contributed by atoms with E-state index < -0.39 is 26.3 Å². The summed E-state index contributed by atoms with van der Waals surface area (Å²) in [6.07, 6.45) is 15.9. The maximum atomic E-state index is 12.6. The van der Waals surface area contributed by atoms with Gasteiger partial charge in [-0.25, -0.2) is 77.2 Å². The minimum atomic E-state index is -3.64. The van der Waals surface area contributed by atoms with Crippen molar-refractivity contribution in [1.29, 1.82) is 0 Å². The normalized spacial score (nSPS) is 14.9. The van der Waals surface area contributed by atoms with Crippen LogP contribution in [0.2, 0.25) is 0 Å². The number of aromatic nitrogens is 20. The van der Waals surface area contributed by atoms with Gasteiger partial charge in [0.15, 0.2) is 23.3 Å². The molecule has 0 saturated carbocycles. The minimum absolute atomic E-state index is 0.0103. The number of sulfone groups is 1. The summed E-state index contributed by atoms with van der Waals surface area (Å²) < 4.78 is 65.1. The van der Waals surface area contributed by atoms with E-state index in [1.807, 2.05) is 37.5 Å². The van der Waals surface area contributed by atoms with Gasteiger partial charge < -0.3 is 48.8 Å². The summed E-state index contributed by atoms with van der Waals surface area (Å²) >= 11 is 0. The lowest BCUT2D eigenvalue weighted by Gasteiger charge is -2.26. The molecule has 0 radical (unpaired) electrons. The number of phenols is 2. The second-order valence-electron chi connectivity index (χ2n) is 31.4. The van der Waals surface area contributed by atoms with Crippen LogP contribution in [0.15, 0.2) is 118 Å². The summed E-state index contributed by atoms with van der Waals surface area (Å²) in [5.74, 6) is 5.22. The third kappa shape index (κ3) is 19.5. The van der Waals surface area contributed by atoms with Gasteiger partial charge in [0.2, 0.25) is 38.8 Å². The van der Waals surface area contributed by atoms with Crippen LogP contribution in [-0.4, -0.2) is 239 Å². The Morgan fingerprint density at radius 2 is 0.661 bits per heavy atom. The number of phenolic OH excluding ortho intramolecular Hbond substituents is 2. The molecule has 12 heterocycles. The van der Waals surface area contributed by atoms with Gasteiger partial charge in [-0.15, -0.1) is 20.4 Å². The smallest absolute Gasteiger partial charge is 0.348 e. The Labute approximate surface area is 704 Å². The highest BCUT2D eigenvalue weighted by molar-refractivity contribution is 7.90. The second-order valence-corrected chi connectivity index (χ2v) is 34.5. The van der Waals surface area contributed by atoms with Gasteiger partial charge in [0.05, 0.1) is 142 Å². The molecule has 4 fully saturated rings. The molecule has 0 bridgehead atoms. The average molecular weight is 1690 g/mol. The second kappa shape index (κ2) is 37.8. The van der Waals surface area contributed by atoms with E-state index in [1.54, 1.807) is 66.5 Å². The van der Waals surface area contributed by atoms with Crippen LogP contribution < -0.4 is 31.0 Å². The SMILES string of the molecule is CC(C)c1cc(-c2n[nH]c(=O)n2-c2cnc(N3CCOCC3)nc2)c(O)cc1O.Cc1cc(C)c(C(C)C)cc1-c1n[nH]c(=O)n1-c1cnc(N2CCOCC2)nc1.Cc1cc(C)c(C(C)C)cc1-c1nnc(S(C)(=O)=O)n1-c1cnc(N2CCOCC2)nc1.Cc1cc(C)c(C(C)C)cc1-c1nnc(S(C)=O)n1-c1cnc(N2CCOCC2)nc1. The predicted octanol–water partition coefficient (Wildman–Crippen LogP) is 9.73. The molecule has 37 heteroatoms. The Balaban J connectivity index is 0.000000139. The third-order valence-electron chi connectivity index (χ3n) is 21.3. The number of ether oxygens (including phenoxy) is 4. The van der Waals surface area contributed by atoms with E-state index in [2.05, 4.69) is 196 Å². The van der Waals surface area contributed by atoms with E-state index in [9.17, 15) is 32.4 Å². The van der Waals surface area contributed by atoms with E-state index in [1.165, 1.54) is 53.1 Å². The van der Waals surface area contributed by atoms with Gasteiger partial charge in [0, 0.05) is 87.6 Å². The van der Waals surface area contributed by atoms with Gasteiger partial charge >= 0.3 is 11.4 Å². The number of aryl methyl sites for hydroxylation is 6. The summed E-state index contributed by atoms with van der Waals surface area (Å²) in [6.45, 7) is 40.3. The first-order chi connectivity index (χ1) is 57.9. The first-order valence-electron chi connectivity index (χ1n) is 40.2. The van der Waals surface area contributed by atoms with Crippen LogP contribution in [0.25, 0.3) is 68.3 Å². The lowest BCUT2D eigenvalue weighted by molar-refractivity contribution is 0.122. The maximum Gasteiger partial charge on any atom is 0.348 e. The summed E-state index contributed by atoms with van der Waals surface area (Å²) in [5, 5.41) is 51.0. The van der Waals surface area contributed by atoms with Gasteiger partial charge in [-0.3, -0.25) is 13.3 Å². The fraction of sp³-hybridized carbons (Fsp3) is 0.429. The number of nitrogens with zero attached hydrogens (tertiary/aromatic N) is 22. The number of H-pyrrole nitrogens is 2. The van der Waals surface area contributed by atoms with Crippen LogP contribution in [0.4, 0.5) is 23.8 Å². The largest absolute Gasteiger partial charge is 0.508 e. The van der Waals surface area contributed by atoms with Crippen molar-refractivity contribution in [2.75, 3.05) is 137 Å². The maximum absolute atomic E-state index is 12.6. The molecule has 4 aliphatic heterocycles. The van der Waals surface area contributed by atoms with Gasteiger partial charge in [-0.1, -0.05) is 73.6 Å². The van der Waals surface area contributed by atoms with Crippen molar-refractivity contribution in [1.82, 2.24) is 98.9 Å². The quantitative estimate of drug-likeness (QED) is 0.0620. The molecule has 35 nitrogen and oxygen atoms in total. The Hall–Kier alpha value is -11.9. The van der Waals surface area contributed by atoms with E-state index in [0.29, 0.717) is 177 Å². The van der Waals surface area contributed by atoms with E-state index in [4.69, 9.17) is 18.9 Å². The van der Waals surface area contributed by atoms with E-state index in [-0.39, 0.29) is 34.1 Å². The zero-order valence-electron chi connectivity index (χ0n) is 71.1. The number of morpholine rings is 4. The summed E-state index contributed by atoms with van der Waals surface area (Å²) in [7, 11) is -4.96. The molecule has 1 unspecified atom stereocenters. The molecule has 8 aromatic heterocycles. The molecule has 121 heavy (non-hydrogen) atoms. The van der Waals surface area contributed by atoms with Crippen molar-refractivity contribution in [3.8, 4) is 79.8 Å². The molecule has 0 spiro atoms. The fourth-order valence-corrected chi connectivity index (χ4v) is 16.4. The standard InChI is InChI=1S/C22H28N6O3S.C22H28N6O2S.C21H26N6O2.C19H22N6O4/c1-14(2)18-11-19(16(4)10-15(18)3)20-25-26-22(32(5,29)30)28(20)17-12-23-21(24-13-17)27-6-8-31-9-7-27;1-14(2)18-11-19(16(4)10-15(18)3)20-25-26-22(31(5)29)28(20)17-12-23-21(24-13-17)27-6-8-30-9-7-27;1-13(2)17-10-18(15(4)9-14(17)3)19-24-25-21(28)27(19)16-11-22-20(23-12-16)26-5-7-29-8-6-26;1-11(2)13-7-14(16(27)8-15(13)26)17-22-23-19(28)25(17)12-9-20-18(21-10-12)24-3-5-29-6-4-24/h10-14H,6-9H2,1-5H3;10-14H,6-9H2,1-5H3;9-13H,5-8H2,1-4H3,(H,25,28);7-11,26-27H,3-6H2,1-2H3,(H,23,28). The van der Waals surface area contributed by atoms with Crippen molar-refractivity contribution >= 4 is 44.4 Å². The molecular formula is C84H104N24O11S2. The molecule has 4 saturated heterocycles. The van der Waals surface area contributed by atoms with Gasteiger partial charge in [-0.2, -0.15) is 10.2 Å². The van der Waals surface area contributed by atoms with Crippen LogP contribution >= 0.6 is 0 Å². The van der Waals surface area contributed by atoms with Crippen molar-refractivity contribution in [2.45, 2.75) is 131 Å². The highest BCUT2D eigenvalue weighted by atomic mass is 32.2. The average Bonchev–Trinajstić information content (AvgIpc) is 1.70. The number of rotatable bonds is 18. The van der Waals surface area contributed by atoms with Crippen molar-refractivity contribution < 1.29 is 41.8 Å². The number of hydrogen-bond acceptors (Lipinski definition) is 29. The fourth-order valence-electron chi connectivity index (χ4n) is 15.1. The number of benzene rings is 4. The first-order valence-corrected chi connectivity index (χ1v) is 43.7. The zero-order chi connectivity index (χ0) is 86.3. The zero-order valence-corrected chi connectivity index (χ0v) is 72.7. The van der Waals surface area contributed by atoms with E-state index >= 15 is 0 Å². The van der Waals surface area contributed by atoms with Crippen LogP contribution in [0.3, 0.4) is 0 Å². The molecular weight excluding hydrogens is 1590 g/mol. The first kappa shape index (κ1) is 86.9. The lowest BCUT2D eigenvalue weighted by atomic mass is 9.93. The Kier molecular flexibility index (Phi) is 27.2. The van der Waals surface area contributed by atoms with Crippen LogP contribution in [-0.2, 0) is 39.6 Å². The minimum Gasteiger partial charge on any atom is -0.508 e. The molecule has 0 amide bonds. The molecule has 638 valence electrons. The molecule has 4 aromatic carbocycles. The molecule has 16 rings (SSSR count). The predicted molar refractivity (Wildman–Crippen MR) is 461 cm³/mol. The molecule has 4 aliphatic rings. The topological polar surface area (TPSA) is 407 Å². The summed E-state index contributed by atoms with van der Waals surface area (Å²) in [5.41, 5.74) is 15.6. The van der Waals surface area contributed by atoms with E-state index in [0.717, 1.165) is 65.8 Å². The van der Waals surface area contributed by atoms with Gasteiger partial charge in [0.25, 0.3) is 5.16 Å². The van der Waals surface area contributed by atoms with Crippen LogP contribution in [0, 0.1) is 41.5 Å². The lowest BCUT2D eigenvalue weighted by Crippen LogP contribution is -2.37. The molecule has 4 N–H and O–H groups in total. The van der Waals surface area contributed by atoms with Gasteiger partial charge in [-0.05, 0) is 145 Å². The molecule has 12 aromatic rings. The highest BCUT2D eigenvalue weighted by Crippen LogP contribution is 2.39. The summed E-state index contributed by atoms with van der Waals surface area (Å²) in [6, 6.07) is 15.7. The number of hydrogen-bond donors (Lipinski definition) is 4. The van der Waals surface area contributed by atoms with Crippen molar-refractivity contribution in [2.24, 2.45) is 0 Å². The Morgan fingerprint density at radius 3 is 0.983 bits per heavy atom. The van der Waals surface area contributed by atoms with Crippen LogP contribution in [0.5, 0.6) is 11.5 Å². The molecule has 0 aliphatic carbocycles. The number of aromatic amines is 2. The molecule has 1 atom stereocenters. The van der Waals surface area contributed by atoms with Crippen LogP contribution in [0.1, 0.15) is 135 Å². The van der Waals surface area contributed by atoms with Crippen molar-refractivity contribution in [3.05, 3.63) is 175 Å². The highest BCUT2D eigenvalue weighted by Gasteiger charge is 2.29. The third-order valence-corrected chi connectivity index (χ3v) is 23.0. The van der Waals surface area contributed by atoms with Crippen molar-refractivity contribution in [3.63, 3.8) is 0 Å². The summed E-state index contributed by atoms with van der Waals surface area (Å²) in [4.78, 5) is 69.0. The number of aromatic hydroxyl groups is 2. The number of nitrogens with one attached hydrogen (secondary N) is 2. The Morgan fingerprint density at radius 1 is 0.372 bits per heavy atom. The Bertz CT molecular complexity index is 5730. The monoisotopic (exact) mass is 1690 g/mol. The number of anilines is 4.